The molecule has 3 heteroatoms. The first-order chi connectivity index (χ1) is 5.50. The Morgan fingerprint density at radius 3 is 2.67 bits per heavy atom. The molecule has 0 aromatic carbocycles. The average Bonchev–Trinajstić information content (AvgIpc) is 2.11. The molecule has 0 saturated carbocycles. The van der Waals surface area contributed by atoms with Gasteiger partial charge >= 0.3 is 0 Å². The molecular formula is C9H19NO2. The Morgan fingerprint density at radius 2 is 2.08 bits per heavy atom. The van der Waals surface area contributed by atoms with E-state index in [4.69, 9.17) is 4.74 Å². The third kappa shape index (κ3) is 2.73. The lowest BCUT2D eigenvalue weighted by molar-refractivity contribution is 0.0498. The van der Waals surface area contributed by atoms with E-state index in [1.165, 1.54) is 0 Å². The van der Waals surface area contributed by atoms with Crippen LogP contribution in [0.4, 0.5) is 0 Å². The van der Waals surface area contributed by atoms with E-state index in [-0.39, 0.29) is 11.6 Å². The lowest BCUT2D eigenvalue weighted by Gasteiger charge is -2.34. The predicted octanol–water partition coefficient (Wildman–Crippen LogP) is 0.478. The number of hydrogen-bond donors (Lipinski definition) is 1. The van der Waals surface area contributed by atoms with Crippen molar-refractivity contribution in [2.45, 2.75) is 32.4 Å². The molecule has 1 fully saturated rings. The van der Waals surface area contributed by atoms with Crippen molar-refractivity contribution in [3.8, 4) is 0 Å². The van der Waals surface area contributed by atoms with Crippen molar-refractivity contribution in [3.05, 3.63) is 0 Å². The molecule has 0 aliphatic carbocycles. The summed E-state index contributed by atoms with van der Waals surface area (Å²) in [4.78, 5) is 2.25. The number of aliphatic hydroxyl groups is 1. The first kappa shape index (κ1) is 9.96. The molecule has 0 spiro atoms. The quantitative estimate of drug-likeness (QED) is 0.578. The van der Waals surface area contributed by atoms with Crippen LogP contribution in [0.2, 0.25) is 0 Å². The maximum absolute atomic E-state index is 9.46. The molecule has 1 atom stereocenters. The molecule has 1 N–H and O–H groups in total. The van der Waals surface area contributed by atoms with E-state index in [2.05, 4.69) is 25.7 Å². The van der Waals surface area contributed by atoms with Crippen LogP contribution in [0.25, 0.3) is 0 Å². The van der Waals surface area contributed by atoms with Gasteiger partial charge in [0.2, 0.25) is 0 Å². The van der Waals surface area contributed by atoms with Gasteiger partial charge in [-0.2, -0.15) is 0 Å². The molecule has 0 radical (unpaired) electrons. The van der Waals surface area contributed by atoms with Gasteiger partial charge in [0, 0.05) is 18.6 Å². The summed E-state index contributed by atoms with van der Waals surface area (Å²) in [5, 5.41) is 9.46. The van der Waals surface area contributed by atoms with Crippen LogP contribution in [0.5, 0.6) is 0 Å². The van der Waals surface area contributed by atoms with Gasteiger partial charge in [0.05, 0.1) is 19.3 Å². The summed E-state index contributed by atoms with van der Waals surface area (Å²) in [6.07, 6.45) is -0.327. The van der Waals surface area contributed by atoms with Gasteiger partial charge in [-0.15, -0.1) is 0 Å². The van der Waals surface area contributed by atoms with Crippen molar-refractivity contribution >= 4 is 0 Å². The maximum Gasteiger partial charge on any atom is 0.0900 e. The molecule has 1 rings (SSSR count). The summed E-state index contributed by atoms with van der Waals surface area (Å²) in [7, 11) is 0. The van der Waals surface area contributed by atoms with E-state index in [0.717, 1.165) is 19.7 Å². The molecule has 12 heavy (non-hydrogen) atoms. The van der Waals surface area contributed by atoms with Crippen LogP contribution in [0.3, 0.4) is 0 Å². The first-order valence-electron chi connectivity index (χ1n) is 4.51. The Morgan fingerprint density at radius 1 is 1.42 bits per heavy atom. The zero-order valence-corrected chi connectivity index (χ0v) is 8.21. The zero-order chi connectivity index (χ0) is 9.19. The highest BCUT2D eigenvalue weighted by atomic mass is 16.5. The molecule has 0 aromatic heterocycles. The van der Waals surface area contributed by atoms with Crippen molar-refractivity contribution in [1.29, 1.82) is 0 Å². The maximum atomic E-state index is 9.46. The fourth-order valence-corrected chi connectivity index (χ4v) is 1.40. The normalized spacial score (nSPS) is 28.5. The summed E-state index contributed by atoms with van der Waals surface area (Å²) < 4.78 is 5.24. The van der Waals surface area contributed by atoms with Crippen LogP contribution >= 0.6 is 0 Å². The number of nitrogens with zero attached hydrogens (tertiary/aromatic N) is 1. The second kappa shape index (κ2) is 3.73. The van der Waals surface area contributed by atoms with Gasteiger partial charge in [-0.3, -0.25) is 4.90 Å². The van der Waals surface area contributed by atoms with Crippen LogP contribution in [0.1, 0.15) is 20.8 Å². The van der Waals surface area contributed by atoms with Gasteiger partial charge in [-0.25, -0.2) is 0 Å². The van der Waals surface area contributed by atoms with Crippen LogP contribution in [-0.2, 0) is 4.74 Å². The van der Waals surface area contributed by atoms with Crippen molar-refractivity contribution in [2.24, 2.45) is 0 Å². The SMILES string of the molecule is CC(C)(C)N1CCOCC(O)C1. The summed E-state index contributed by atoms with van der Waals surface area (Å²) in [6, 6.07) is 0. The highest BCUT2D eigenvalue weighted by molar-refractivity contribution is 4.79. The largest absolute Gasteiger partial charge is 0.389 e. The summed E-state index contributed by atoms with van der Waals surface area (Å²) in [5.41, 5.74) is 0.134. The molecule has 0 bridgehead atoms. The van der Waals surface area contributed by atoms with Gasteiger partial charge < -0.3 is 9.84 Å². The molecule has 1 heterocycles. The fourth-order valence-electron chi connectivity index (χ4n) is 1.40. The standard InChI is InChI=1S/C9H19NO2/c1-9(2,3)10-4-5-12-7-8(11)6-10/h8,11H,4-7H2,1-3H3. The molecule has 1 aliphatic heterocycles. The minimum Gasteiger partial charge on any atom is -0.389 e. The van der Waals surface area contributed by atoms with Crippen LogP contribution < -0.4 is 0 Å². The summed E-state index contributed by atoms with van der Waals surface area (Å²) >= 11 is 0. The minimum absolute atomic E-state index is 0.134. The Kier molecular flexibility index (Phi) is 3.09. The summed E-state index contributed by atoms with van der Waals surface area (Å²) in [5.74, 6) is 0. The molecule has 1 aliphatic rings. The highest BCUT2D eigenvalue weighted by Gasteiger charge is 2.25. The monoisotopic (exact) mass is 173 g/mol. The van der Waals surface area contributed by atoms with Gasteiger partial charge in [0.25, 0.3) is 0 Å². The Hall–Kier alpha value is -0.120. The number of aliphatic hydroxyl groups excluding tert-OH is 1. The predicted molar refractivity (Wildman–Crippen MR) is 48.2 cm³/mol. The second-order valence-electron chi connectivity index (χ2n) is 4.35. The van der Waals surface area contributed by atoms with E-state index in [1.807, 2.05) is 0 Å². The van der Waals surface area contributed by atoms with Crippen LogP contribution in [0, 0.1) is 0 Å². The van der Waals surface area contributed by atoms with Crippen molar-refractivity contribution in [3.63, 3.8) is 0 Å². The van der Waals surface area contributed by atoms with Gasteiger partial charge in [-0.05, 0) is 20.8 Å². The fraction of sp³-hybridized carbons (Fsp3) is 1.00. The lowest BCUT2D eigenvalue weighted by Crippen LogP contribution is -2.45. The lowest BCUT2D eigenvalue weighted by atomic mass is 10.1. The molecule has 0 aromatic rings. The summed E-state index contributed by atoms with van der Waals surface area (Å²) in [6.45, 7) is 9.33. The van der Waals surface area contributed by atoms with E-state index >= 15 is 0 Å². The molecular weight excluding hydrogens is 154 g/mol. The minimum atomic E-state index is -0.327. The van der Waals surface area contributed by atoms with Gasteiger partial charge in [-0.1, -0.05) is 0 Å². The van der Waals surface area contributed by atoms with Gasteiger partial charge in [0.1, 0.15) is 0 Å². The first-order valence-corrected chi connectivity index (χ1v) is 4.51. The van der Waals surface area contributed by atoms with E-state index in [9.17, 15) is 5.11 Å². The molecule has 3 nitrogen and oxygen atoms in total. The van der Waals surface area contributed by atoms with Crippen molar-refractivity contribution in [2.75, 3.05) is 26.3 Å². The third-order valence-electron chi connectivity index (χ3n) is 2.20. The molecule has 72 valence electrons. The second-order valence-corrected chi connectivity index (χ2v) is 4.35. The van der Waals surface area contributed by atoms with Crippen molar-refractivity contribution < 1.29 is 9.84 Å². The van der Waals surface area contributed by atoms with Crippen LogP contribution in [0.15, 0.2) is 0 Å². The highest BCUT2D eigenvalue weighted by Crippen LogP contribution is 2.14. The number of hydrogen-bond acceptors (Lipinski definition) is 3. The van der Waals surface area contributed by atoms with E-state index in [0.29, 0.717) is 6.61 Å². The van der Waals surface area contributed by atoms with E-state index in [1.54, 1.807) is 0 Å². The average molecular weight is 173 g/mol. The smallest absolute Gasteiger partial charge is 0.0900 e. The topological polar surface area (TPSA) is 32.7 Å². The number of ether oxygens (including phenoxy) is 1. The van der Waals surface area contributed by atoms with Crippen molar-refractivity contribution in [1.82, 2.24) is 4.90 Å². The van der Waals surface area contributed by atoms with Gasteiger partial charge in [0.15, 0.2) is 0 Å². The van der Waals surface area contributed by atoms with Crippen LogP contribution in [-0.4, -0.2) is 48.0 Å². The number of rotatable bonds is 0. The molecule has 1 saturated heterocycles. The Labute approximate surface area is 74.3 Å². The zero-order valence-electron chi connectivity index (χ0n) is 8.21. The third-order valence-corrected chi connectivity index (χ3v) is 2.20. The molecule has 1 unspecified atom stereocenters. The number of β-amino-alcohol motifs (C(OH)–C–C–N with tert-alkyl or cyclic N) is 1. The Bertz CT molecular complexity index is 142. The molecule has 0 amide bonds. The van der Waals surface area contributed by atoms with E-state index < -0.39 is 0 Å². The Balaban J connectivity index is 2.52.